The molecular weight excluding hydrogens is 1760 g/mol. The van der Waals surface area contributed by atoms with Crippen molar-refractivity contribution in [3.63, 3.8) is 0 Å². The first kappa shape index (κ1) is 83.9. The second-order valence-electron chi connectivity index (χ2n) is 39.1. The molecule has 4 nitrogen and oxygen atoms in total. The van der Waals surface area contributed by atoms with E-state index < -0.39 is 10.8 Å². The Balaban J connectivity index is 0.000000138. The van der Waals surface area contributed by atoms with E-state index in [4.69, 9.17) is 0 Å². The second-order valence-corrected chi connectivity index (χ2v) is 39.1. The maximum Gasteiger partial charge on any atom is 0.0754 e. The van der Waals surface area contributed by atoms with E-state index >= 15 is 0 Å². The minimum Gasteiger partial charge on any atom is -0.310 e. The highest BCUT2D eigenvalue weighted by atomic mass is 15.2. The molecule has 4 aliphatic rings. The summed E-state index contributed by atoms with van der Waals surface area (Å²) in [5.74, 6) is 0. The molecule has 146 heavy (non-hydrogen) atoms. The smallest absolute Gasteiger partial charge is 0.0754 e. The molecule has 0 saturated heterocycles. The van der Waals surface area contributed by atoms with Crippen LogP contribution in [0.4, 0.5) is 34.1 Å². The molecule has 30 rings (SSSR count). The molecule has 2 unspecified atom stereocenters. The summed E-state index contributed by atoms with van der Waals surface area (Å²) in [6, 6.07) is 207. The number of nitrogens with zero attached hydrogens (tertiary/aromatic N) is 4. The number of hydrogen-bond acceptors (Lipinski definition) is 2. The minimum atomic E-state index is -0.506. The Hall–Kier alpha value is -19.0. The van der Waals surface area contributed by atoms with Gasteiger partial charge in [0.25, 0.3) is 0 Å². The van der Waals surface area contributed by atoms with Crippen LogP contribution in [-0.4, -0.2) is 9.13 Å². The largest absolute Gasteiger partial charge is 0.310 e. The van der Waals surface area contributed by atoms with E-state index in [0.717, 1.165) is 45.3 Å². The molecule has 0 saturated carbocycles. The summed E-state index contributed by atoms with van der Waals surface area (Å²) >= 11 is 0. The molecule has 2 aromatic heterocycles. The third-order valence-corrected chi connectivity index (χ3v) is 31.6. The van der Waals surface area contributed by atoms with Gasteiger partial charge in [-0.2, -0.15) is 0 Å². The molecule has 2 aliphatic heterocycles. The highest BCUT2D eigenvalue weighted by Gasteiger charge is 2.53. The molecule has 2 aliphatic carbocycles. The molecule has 26 aromatic rings. The van der Waals surface area contributed by atoms with Crippen LogP contribution in [0, 0.1) is 0 Å². The Bertz CT molecular complexity index is 9740. The molecule has 0 N–H and O–H groups in total. The van der Waals surface area contributed by atoms with Crippen molar-refractivity contribution >= 4 is 99.3 Å². The third-order valence-electron chi connectivity index (χ3n) is 31.6. The first-order chi connectivity index (χ1) is 72.4. The maximum absolute atomic E-state index is 2.52. The molecule has 4 heterocycles. The van der Waals surface area contributed by atoms with Crippen LogP contribution < -0.4 is 9.80 Å². The lowest BCUT2D eigenvalue weighted by Crippen LogP contribution is -2.33. The highest BCUT2D eigenvalue weighted by Crippen LogP contribution is 2.65. The zero-order valence-corrected chi connectivity index (χ0v) is 79.9. The number of para-hydroxylation sites is 9. The fourth-order valence-corrected chi connectivity index (χ4v) is 25.2. The topological polar surface area (TPSA) is 16.3 Å². The molecule has 0 fully saturated rings. The van der Waals surface area contributed by atoms with Crippen LogP contribution >= 0.6 is 0 Å². The summed E-state index contributed by atoms with van der Waals surface area (Å²) in [4.78, 5) is 4.87. The normalized spacial score (nSPS) is 14.1. The lowest BCUT2D eigenvalue weighted by molar-refractivity contribution is 0.749. The van der Waals surface area contributed by atoms with Gasteiger partial charge in [0.2, 0.25) is 0 Å². The standard InChI is InChI=1S/2C71H46N2/c1-3-18-47(19-4-1)48-34-36-50(37-35-48)57-23-9-14-31-67(57)72(66-30-13-8-22-56(66)49-20-5-2-6-21-49)55-42-40-52-44-51(38-39-53(52)45-55)54-41-43-59-58-24-7-11-27-62(58)71(65(59)46-54)63-28-12-16-33-69(63)73-68-32-15-10-25-60(68)61-26-17-29-64(71)70(61)73;1-3-16-47(17-4-1)49-30-32-51(33-31-49)58-20-8-12-27-67(58)72(56-40-36-50(37-41-56)48-18-5-2-6-19-48)57-42-38-53-44-52(34-35-54(53)45-57)55-39-43-60-59-21-7-10-24-63(59)71(66(60)46-55)64-25-11-14-29-69(64)73-68-28-13-9-22-61(68)62-23-15-26-65(71)70(62)73/h2*1-46H. The van der Waals surface area contributed by atoms with Crippen molar-refractivity contribution in [2.75, 3.05) is 9.80 Å². The molecule has 680 valence electrons. The quantitative estimate of drug-likeness (QED) is 0.108. The Morgan fingerprint density at radius 2 is 0.411 bits per heavy atom. The third kappa shape index (κ3) is 13.0. The first-order valence-electron chi connectivity index (χ1n) is 50.7. The number of fused-ring (bicyclic) bond motifs is 26. The summed E-state index contributed by atoms with van der Waals surface area (Å²) in [7, 11) is 0. The van der Waals surface area contributed by atoms with Crippen LogP contribution in [-0.2, 0) is 10.8 Å². The van der Waals surface area contributed by atoms with Crippen LogP contribution in [0.25, 0.3) is 188 Å². The van der Waals surface area contributed by atoms with E-state index in [2.05, 4.69) is 577 Å². The average Bonchev–Trinajstić information content (AvgIpc) is 1.50. The Morgan fingerprint density at radius 1 is 0.144 bits per heavy atom. The van der Waals surface area contributed by atoms with E-state index in [9.17, 15) is 0 Å². The Morgan fingerprint density at radius 3 is 0.842 bits per heavy atom. The van der Waals surface area contributed by atoms with Gasteiger partial charge in [-0.15, -0.1) is 0 Å². The number of rotatable bonds is 14. The van der Waals surface area contributed by atoms with Gasteiger partial charge in [-0.05, 0) is 264 Å². The van der Waals surface area contributed by atoms with E-state index in [1.54, 1.807) is 0 Å². The summed E-state index contributed by atoms with van der Waals surface area (Å²) in [6.45, 7) is 0. The van der Waals surface area contributed by atoms with Crippen LogP contribution in [0.15, 0.2) is 558 Å². The van der Waals surface area contributed by atoms with E-state index in [1.165, 1.54) is 221 Å². The Kier molecular flexibility index (Phi) is 19.5. The van der Waals surface area contributed by atoms with Gasteiger partial charge in [-0.25, -0.2) is 0 Å². The van der Waals surface area contributed by atoms with Crippen LogP contribution in [0.2, 0.25) is 0 Å². The number of anilines is 6. The monoisotopic (exact) mass is 1850 g/mol. The second kappa shape index (κ2) is 33.9. The van der Waals surface area contributed by atoms with Crippen molar-refractivity contribution in [2.45, 2.75) is 10.8 Å². The van der Waals surface area contributed by atoms with Gasteiger partial charge in [0.15, 0.2) is 0 Å². The zero-order chi connectivity index (χ0) is 96.1. The van der Waals surface area contributed by atoms with Crippen molar-refractivity contribution in [2.24, 2.45) is 0 Å². The molecule has 2 atom stereocenters. The summed E-state index contributed by atoms with van der Waals surface area (Å²) in [6.07, 6.45) is 0. The zero-order valence-electron chi connectivity index (χ0n) is 79.9. The van der Waals surface area contributed by atoms with Gasteiger partial charge in [0.1, 0.15) is 0 Å². The van der Waals surface area contributed by atoms with Gasteiger partial charge in [-0.1, -0.05) is 455 Å². The number of aromatic nitrogens is 2. The van der Waals surface area contributed by atoms with E-state index in [1.807, 2.05) is 0 Å². The first-order valence-corrected chi connectivity index (χ1v) is 50.7. The summed E-state index contributed by atoms with van der Waals surface area (Å²) in [5.41, 5.74) is 48.1. The van der Waals surface area contributed by atoms with Crippen LogP contribution in [0.5, 0.6) is 0 Å². The fraction of sp³-hybridized carbons (Fsp3) is 0.0141. The number of hydrogen-bond donors (Lipinski definition) is 0. The van der Waals surface area contributed by atoms with E-state index in [-0.39, 0.29) is 0 Å². The maximum atomic E-state index is 2.52. The lowest BCUT2D eigenvalue weighted by Gasteiger charge is -2.39. The van der Waals surface area contributed by atoms with Crippen molar-refractivity contribution in [1.82, 2.24) is 9.13 Å². The van der Waals surface area contributed by atoms with Crippen molar-refractivity contribution in [1.29, 1.82) is 0 Å². The lowest BCUT2D eigenvalue weighted by atomic mass is 9.65. The molecule has 0 amide bonds. The molecule has 4 heteroatoms. The van der Waals surface area contributed by atoms with Crippen LogP contribution in [0.1, 0.15) is 44.5 Å². The van der Waals surface area contributed by atoms with Crippen molar-refractivity contribution < 1.29 is 0 Å². The highest BCUT2D eigenvalue weighted by molar-refractivity contribution is 6.15. The molecule has 0 radical (unpaired) electrons. The van der Waals surface area contributed by atoms with Gasteiger partial charge in [0, 0.05) is 55.3 Å². The number of benzene rings is 24. The molecule has 24 aromatic carbocycles. The summed E-state index contributed by atoms with van der Waals surface area (Å²) in [5, 5.41) is 9.91. The van der Waals surface area contributed by atoms with Gasteiger partial charge >= 0.3 is 0 Å². The van der Waals surface area contributed by atoms with Crippen molar-refractivity contribution in [3.05, 3.63) is 603 Å². The SMILES string of the molecule is c1ccc(-c2ccc(-c3ccccc3N(c3ccc(-c4ccccc4)cc3)c3ccc4cc(-c5ccc6c(c5)C5(c7ccccc7-6)c6ccccc6-n6c7ccccc7c7cccc5c76)ccc4c3)cc2)cc1.c1ccc(-c2ccc(-c3ccccc3N(c3ccc4cc(-c5ccc6c(c5)C5(c7ccccc7-6)c6ccccc6-n6c7ccccc7c7cccc5c76)ccc4c3)c3ccccc3-c3ccccc3)cc2)cc1. The summed E-state index contributed by atoms with van der Waals surface area (Å²) < 4.78 is 5.04. The van der Waals surface area contributed by atoms with Gasteiger partial charge in [0.05, 0.1) is 61.3 Å². The predicted molar refractivity (Wildman–Crippen MR) is 611 cm³/mol. The minimum absolute atomic E-state index is 0.503. The fourth-order valence-electron chi connectivity index (χ4n) is 25.2. The van der Waals surface area contributed by atoms with Crippen molar-refractivity contribution in [3.8, 4) is 123 Å². The average molecular weight is 1850 g/mol. The van der Waals surface area contributed by atoms with Crippen LogP contribution in [0.3, 0.4) is 0 Å². The van der Waals surface area contributed by atoms with E-state index in [0.29, 0.717) is 0 Å². The van der Waals surface area contributed by atoms with Gasteiger partial charge < -0.3 is 18.9 Å². The molecule has 0 bridgehead atoms. The predicted octanol–water partition coefficient (Wildman–Crippen LogP) is 37.5. The van der Waals surface area contributed by atoms with Gasteiger partial charge in [-0.3, -0.25) is 0 Å². The molecular formula is C142H92N4. The molecule has 2 spiro atoms. The Labute approximate surface area is 848 Å².